The molecule has 2 rings (SSSR count). The van der Waals surface area contributed by atoms with Crippen molar-refractivity contribution in [1.29, 1.82) is 0 Å². The number of benzene rings is 1. The van der Waals surface area contributed by atoms with Gasteiger partial charge in [-0.1, -0.05) is 30.3 Å². The van der Waals surface area contributed by atoms with Crippen LogP contribution in [0.1, 0.15) is 5.56 Å². The number of hydrogen-bond acceptors (Lipinski definition) is 3. The van der Waals surface area contributed by atoms with Crippen LogP contribution in [0.25, 0.3) is 5.70 Å². The minimum atomic E-state index is 1.20. The molecule has 1 aromatic carbocycles. The van der Waals surface area contributed by atoms with Crippen LogP contribution in [0.3, 0.4) is 0 Å². The number of rotatable bonds is 1. The Morgan fingerprint density at radius 2 is 2.00 bits per heavy atom. The Labute approximate surface area is 82.2 Å². The van der Waals surface area contributed by atoms with Crippen molar-refractivity contribution in [3.8, 4) is 0 Å². The summed E-state index contributed by atoms with van der Waals surface area (Å²) in [7, 11) is 2.01. The molecule has 0 spiro atoms. The van der Waals surface area contributed by atoms with E-state index >= 15 is 0 Å². The lowest BCUT2D eigenvalue weighted by atomic mass is 10.1. The molecule has 1 aliphatic rings. The summed E-state index contributed by atoms with van der Waals surface area (Å²) in [5, 5.41) is 0. The molecular formula is C10H10N2S. The van der Waals surface area contributed by atoms with Gasteiger partial charge in [0.25, 0.3) is 0 Å². The summed E-state index contributed by atoms with van der Waals surface area (Å²) in [5.41, 5.74) is 2.42. The smallest absolute Gasteiger partial charge is 0.0927 e. The van der Waals surface area contributed by atoms with Crippen molar-refractivity contribution in [2.45, 2.75) is 0 Å². The van der Waals surface area contributed by atoms with Gasteiger partial charge in [0.2, 0.25) is 0 Å². The average molecular weight is 190 g/mol. The van der Waals surface area contributed by atoms with Crippen LogP contribution in [0, 0.1) is 0 Å². The van der Waals surface area contributed by atoms with Crippen molar-refractivity contribution in [1.82, 2.24) is 4.31 Å². The first-order valence-electron chi connectivity index (χ1n) is 4.08. The molecule has 1 heterocycles. The summed E-state index contributed by atoms with van der Waals surface area (Å²) < 4.78 is 6.13. The van der Waals surface area contributed by atoms with E-state index in [1.54, 1.807) is 0 Å². The van der Waals surface area contributed by atoms with Gasteiger partial charge in [0.15, 0.2) is 0 Å². The van der Waals surface area contributed by atoms with Gasteiger partial charge in [-0.15, -0.1) is 0 Å². The van der Waals surface area contributed by atoms with Gasteiger partial charge < -0.3 is 0 Å². The Balaban J connectivity index is 2.35. The lowest BCUT2D eigenvalue weighted by Crippen LogP contribution is -2.09. The molecule has 0 radical (unpaired) electrons. The fraction of sp³-hybridized carbons (Fsp3) is 0.100. The van der Waals surface area contributed by atoms with Crippen molar-refractivity contribution in [3.05, 3.63) is 42.0 Å². The molecule has 3 heteroatoms. The van der Waals surface area contributed by atoms with Gasteiger partial charge in [0.05, 0.1) is 17.8 Å². The predicted molar refractivity (Wildman–Crippen MR) is 58.3 cm³/mol. The first-order valence-corrected chi connectivity index (χ1v) is 4.81. The van der Waals surface area contributed by atoms with Crippen molar-refractivity contribution < 1.29 is 0 Å². The quantitative estimate of drug-likeness (QED) is 0.632. The average Bonchev–Trinajstić information content (AvgIpc) is 2.20. The van der Waals surface area contributed by atoms with Crippen LogP contribution in [-0.4, -0.2) is 17.6 Å². The topological polar surface area (TPSA) is 15.6 Å². The lowest BCUT2D eigenvalue weighted by Gasteiger charge is -2.20. The van der Waals surface area contributed by atoms with E-state index in [1.807, 2.05) is 37.5 Å². The molecule has 0 saturated carbocycles. The van der Waals surface area contributed by atoms with Crippen LogP contribution in [0.4, 0.5) is 0 Å². The molecule has 0 unspecified atom stereocenters. The fourth-order valence-corrected chi connectivity index (χ4v) is 1.75. The van der Waals surface area contributed by atoms with Crippen LogP contribution in [0.2, 0.25) is 0 Å². The summed E-state index contributed by atoms with van der Waals surface area (Å²) in [4.78, 5) is 0. The molecule has 13 heavy (non-hydrogen) atoms. The molecule has 0 bridgehead atoms. The molecule has 1 aromatic rings. The second kappa shape index (κ2) is 3.66. The third kappa shape index (κ3) is 1.75. The van der Waals surface area contributed by atoms with E-state index in [2.05, 4.69) is 20.8 Å². The second-order valence-corrected chi connectivity index (χ2v) is 3.67. The van der Waals surface area contributed by atoms with Gasteiger partial charge in [0, 0.05) is 13.3 Å². The monoisotopic (exact) mass is 190 g/mol. The van der Waals surface area contributed by atoms with E-state index in [4.69, 9.17) is 0 Å². The van der Waals surface area contributed by atoms with E-state index in [0.717, 1.165) is 0 Å². The summed E-state index contributed by atoms with van der Waals surface area (Å²) >= 11 is 1.46. The number of hydrogen-bond donors (Lipinski definition) is 0. The first kappa shape index (κ1) is 8.38. The van der Waals surface area contributed by atoms with Crippen molar-refractivity contribution in [3.63, 3.8) is 0 Å². The Bertz CT molecular complexity index is 343. The molecule has 0 N–H and O–H groups in total. The van der Waals surface area contributed by atoms with Crippen molar-refractivity contribution in [2.24, 2.45) is 4.40 Å². The molecule has 0 amide bonds. The minimum absolute atomic E-state index is 1.20. The molecule has 0 atom stereocenters. The van der Waals surface area contributed by atoms with Crippen molar-refractivity contribution in [2.75, 3.05) is 7.05 Å². The second-order valence-electron chi connectivity index (χ2n) is 2.75. The maximum atomic E-state index is 4.08. The highest BCUT2D eigenvalue weighted by molar-refractivity contribution is 7.96. The van der Waals surface area contributed by atoms with Crippen LogP contribution in [0.5, 0.6) is 0 Å². The summed E-state index contributed by atoms with van der Waals surface area (Å²) in [6, 6.07) is 10.3. The summed E-state index contributed by atoms with van der Waals surface area (Å²) in [6.45, 7) is 0. The minimum Gasteiger partial charge on any atom is -0.300 e. The van der Waals surface area contributed by atoms with Crippen LogP contribution in [-0.2, 0) is 0 Å². The zero-order chi connectivity index (χ0) is 9.10. The molecule has 0 fully saturated rings. The molecule has 0 aliphatic carbocycles. The highest BCUT2D eigenvalue weighted by atomic mass is 32.2. The highest BCUT2D eigenvalue weighted by Crippen LogP contribution is 2.26. The first-order chi connectivity index (χ1) is 6.38. The van der Waals surface area contributed by atoms with Crippen molar-refractivity contribution >= 4 is 24.0 Å². The fourth-order valence-electron chi connectivity index (χ4n) is 1.23. The van der Waals surface area contributed by atoms with Crippen LogP contribution < -0.4 is 0 Å². The number of nitrogens with zero attached hydrogens (tertiary/aromatic N) is 2. The molecular weight excluding hydrogens is 180 g/mol. The Morgan fingerprint density at radius 1 is 1.23 bits per heavy atom. The zero-order valence-corrected chi connectivity index (χ0v) is 8.16. The third-order valence-corrected chi connectivity index (χ3v) is 2.53. The summed E-state index contributed by atoms with van der Waals surface area (Å²) in [5.74, 6) is 0. The van der Waals surface area contributed by atoms with E-state index in [-0.39, 0.29) is 0 Å². The molecule has 0 saturated heterocycles. The Kier molecular flexibility index (Phi) is 2.36. The maximum absolute atomic E-state index is 4.08. The van der Waals surface area contributed by atoms with E-state index in [0.29, 0.717) is 0 Å². The zero-order valence-electron chi connectivity index (χ0n) is 7.34. The summed E-state index contributed by atoms with van der Waals surface area (Å²) in [6.07, 6.45) is 3.85. The lowest BCUT2D eigenvalue weighted by molar-refractivity contribution is 0.805. The van der Waals surface area contributed by atoms with Gasteiger partial charge in [-0.3, -0.25) is 4.31 Å². The van der Waals surface area contributed by atoms with E-state index in [9.17, 15) is 0 Å². The number of allylic oxidation sites excluding steroid dienone is 1. The van der Waals surface area contributed by atoms with Crippen LogP contribution in [0.15, 0.2) is 40.8 Å². The Morgan fingerprint density at radius 3 is 2.69 bits per heavy atom. The normalized spacial score (nSPS) is 15.8. The Hall–Kier alpha value is -1.22. The standard InChI is InChI=1S/C10H10N2S/c1-12-10(7-8-11-13-12)9-5-3-2-4-6-9/h2-8H,1H3. The van der Waals surface area contributed by atoms with Gasteiger partial charge >= 0.3 is 0 Å². The highest BCUT2D eigenvalue weighted by Gasteiger charge is 2.08. The molecule has 2 nitrogen and oxygen atoms in total. The largest absolute Gasteiger partial charge is 0.300 e. The van der Waals surface area contributed by atoms with E-state index in [1.165, 1.54) is 23.4 Å². The SMILES string of the molecule is CN1SN=CC=C1c1ccccc1. The predicted octanol–water partition coefficient (Wildman–Crippen LogP) is 2.61. The maximum Gasteiger partial charge on any atom is 0.0927 e. The van der Waals surface area contributed by atoms with Gasteiger partial charge in [-0.25, -0.2) is 4.40 Å². The third-order valence-electron chi connectivity index (χ3n) is 1.87. The van der Waals surface area contributed by atoms with Gasteiger partial charge in [-0.05, 0) is 11.6 Å². The molecule has 66 valence electrons. The molecule has 1 aliphatic heterocycles. The van der Waals surface area contributed by atoms with E-state index < -0.39 is 0 Å². The molecule has 0 aromatic heterocycles. The van der Waals surface area contributed by atoms with Gasteiger partial charge in [0.1, 0.15) is 0 Å². The van der Waals surface area contributed by atoms with Gasteiger partial charge in [-0.2, -0.15) is 0 Å². The van der Waals surface area contributed by atoms with Crippen LogP contribution >= 0.6 is 12.1 Å².